The third kappa shape index (κ3) is 2.52. The van der Waals surface area contributed by atoms with E-state index in [0.29, 0.717) is 5.15 Å². The Bertz CT molecular complexity index is 334. The van der Waals surface area contributed by atoms with Crippen molar-refractivity contribution in [2.45, 2.75) is 45.6 Å². The summed E-state index contributed by atoms with van der Waals surface area (Å²) in [6.07, 6.45) is 1.17. The zero-order valence-electron chi connectivity index (χ0n) is 9.79. The van der Waals surface area contributed by atoms with E-state index in [2.05, 4.69) is 18.9 Å². The van der Waals surface area contributed by atoms with E-state index in [1.807, 2.05) is 6.92 Å². The van der Waals surface area contributed by atoms with Crippen LogP contribution in [0.25, 0.3) is 0 Å². The van der Waals surface area contributed by atoms with Gasteiger partial charge in [0.25, 0.3) is 0 Å². The van der Waals surface area contributed by atoms with Crippen LogP contribution in [0.4, 0.5) is 0 Å². The lowest BCUT2D eigenvalue weighted by atomic mass is 10.00. The highest BCUT2D eigenvalue weighted by atomic mass is 35.5. The molecule has 0 bridgehead atoms. The normalized spacial score (nSPS) is 13.5. The molecule has 0 radical (unpaired) electrons. The molecule has 1 unspecified atom stereocenters. The summed E-state index contributed by atoms with van der Waals surface area (Å²) >= 11 is 6.13. The second-order valence-corrected chi connectivity index (χ2v) is 4.53. The molecule has 0 aliphatic rings. The Morgan fingerprint density at radius 1 is 1.47 bits per heavy atom. The van der Waals surface area contributed by atoms with Gasteiger partial charge < -0.3 is 5.11 Å². The minimum atomic E-state index is -0.492. The Labute approximate surface area is 96.1 Å². The molecule has 86 valence electrons. The second-order valence-electron chi connectivity index (χ2n) is 4.17. The lowest BCUT2D eigenvalue weighted by Crippen LogP contribution is -2.02. The van der Waals surface area contributed by atoms with Crippen molar-refractivity contribution in [3.63, 3.8) is 0 Å². The molecular weight excluding hydrogens is 212 g/mol. The van der Waals surface area contributed by atoms with Gasteiger partial charge in [-0.05, 0) is 12.3 Å². The Hall–Kier alpha value is -0.540. The number of halogens is 1. The molecule has 1 rings (SSSR count). The van der Waals surface area contributed by atoms with Crippen LogP contribution >= 0.6 is 11.6 Å². The third-order valence-corrected chi connectivity index (χ3v) is 2.93. The quantitative estimate of drug-likeness (QED) is 0.864. The summed E-state index contributed by atoms with van der Waals surface area (Å²) < 4.78 is 1.63. The van der Waals surface area contributed by atoms with Crippen molar-refractivity contribution >= 4 is 11.6 Å². The summed E-state index contributed by atoms with van der Waals surface area (Å²) in [5.41, 5.74) is 1.71. The molecule has 3 nitrogen and oxygen atoms in total. The Balaban J connectivity index is 3.12. The third-order valence-electron chi connectivity index (χ3n) is 2.48. The van der Waals surface area contributed by atoms with Crippen LogP contribution in [-0.4, -0.2) is 14.9 Å². The average Bonchev–Trinajstić information content (AvgIpc) is 2.44. The molecule has 0 aliphatic heterocycles. The number of hydrogen-bond acceptors (Lipinski definition) is 2. The van der Waals surface area contributed by atoms with Gasteiger partial charge in [-0.1, -0.05) is 38.8 Å². The number of nitrogens with zero attached hydrogens (tertiary/aromatic N) is 2. The summed E-state index contributed by atoms with van der Waals surface area (Å²) in [7, 11) is 1.80. The van der Waals surface area contributed by atoms with Crippen LogP contribution in [0.2, 0.25) is 5.15 Å². The number of rotatable bonds is 4. The van der Waals surface area contributed by atoms with Gasteiger partial charge in [-0.25, -0.2) is 0 Å². The van der Waals surface area contributed by atoms with E-state index in [9.17, 15) is 5.11 Å². The molecule has 1 aromatic rings. The highest BCUT2D eigenvalue weighted by molar-refractivity contribution is 6.30. The summed E-state index contributed by atoms with van der Waals surface area (Å²) in [4.78, 5) is 0. The second kappa shape index (κ2) is 4.99. The molecule has 0 saturated heterocycles. The average molecular weight is 231 g/mol. The summed E-state index contributed by atoms with van der Waals surface area (Å²) in [5.74, 6) is 0.283. The lowest BCUT2D eigenvalue weighted by Gasteiger charge is -2.11. The maximum atomic E-state index is 10.0. The molecule has 1 N–H and O–H groups in total. The topological polar surface area (TPSA) is 38.1 Å². The first-order valence-corrected chi connectivity index (χ1v) is 5.77. The molecule has 0 saturated carbocycles. The number of aryl methyl sites for hydroxylation is 1. The fraction of sp³-hybridized carbons (Fsp3) is 0.727. The molecule has 1 aromatic heterocycles. The van der Waals surface area contributed by atoms with E-state index >= 15 is 0 Å². The van der Waals surface area contributed by atoms with Crippen LogP contribution in [0, 0.1) is 0 Å². The molecular formula is C11H19ClN2O. The van der Waals surface area contributed by atoms with Crippen LogP contribution in [0.1, 0.15) is 56.9 Å². The van der Waals surface area contributed by atoms with Crippen molar-refractivity contribution in [3.8, 4) is 0 Å². The molecule has 4 heteroatoms. The summed E-state index contributed by atoms with van der Waals surface area (Å²) in [5, 5.41) is 14.9. The van der Waals surface area contributed by atoms with E-state index in [4.69, 9.17) is 11.6 Å². The van der Waals surface area contributed by atoms with Crippen LogP contribution in [0.15, 0.2) is 0 Å². The van der Waals surface area contributed by atoms with Crippen LogP contribution < -0.4 is 0 Å². The van der Waals surface area contributed by atoms with E-state index < -0.39 is 6.10 Å². The molecule has 0 aliphatic carbocycles. The Morgan fingerprint density at radius 3 is 2.53 bits per heavy atom. The van der Waals surface area contributed by atoms with Crippen molar-refractivity contribution in [1.82, 2.24) is 9.78 Å². The standard InChI is InChI=1S/C11H19ClN2O/c1-5-6-8(15)9-10(7(2)3)13-14(4)11(9)12/h7-8,15H,5-6H2,1-4H3. The van der Waals surface area contributed by atoms with E-state index in [1.165, 1.54) is 0 Å². The van der Waals surface area contributed by atoms with Crippen LogP contribution in [0.5, 0.6) is 0 Å². The van der Waals surface area contributed by atoms with Gasteiger partial charge in [-0.3, -0.25) is 4.68 Å². The lowest BCUT2D eigenvalue weighted by molar-refractivity contribution is 0.165. The van der Waals surface area contributed by atoms with Crippen molar-refractivity contribution in [2.24, 2.45) is 7.05 Å². The molecule has 0 aromatic carbocycles. The predicted octanol–water partition coefficient (Wildman–Crippen LogP) is 3.03. The number of hydrogen-bond donors (Lipinski definition) is 1. The smallest absolute Gasteiger partial charge is 0.132 e. The van der Waals surface area contributed by atoms with E-state index in [0.717, 1.165) is 24.1 Å². The maximum Gasteiger partial charge on any atom is 0.132 e. The minimum Gasteiger partial charge on any atom is -0.388 e. The Morgan fingerprint density at radius 2 is 2.07 bits per heavy atom. The fourth-order valence-electron chi connectivity index (χ4n) is 1.69. The zero-order valence-corrected chi connectivity index (χ0v) is 10.5. The number of aliphatic hydroxyl groups excluding tert-OH is 1. The fourth-order valence-corrected chi connectivity index (χ4v) is 1.95. The molecule has 15 heavy (non-hydrogen) atoms. The van der Waals surface area contributed by atoms with Crippen molar-refractivity contribution in [1.29, 1.82) is 0 Å². The SMILES string of the molecule is CCCC(O)c1c(C(C)C)nn(C)c1Cl. The van der Waals surface area contributed by atoms with Gasteiger partial charge in [0.05, 0.1) is 11.8 Å². The first-order chi connectivity index (χ1) is 6.99. The molecule has 0 spiro atoms. The molecule has 1 atom stereocenters. The van der Waals surface area contributed by atoms with E-state index in [-0.39, 0.29) is 5.92 Å². The van der Waals surface area contributed by atoms with Gasteiger partial charge in [-0.2, -0.15) is 5.10 Å². The maximum absolute atomic E-state index is 10.0. The predicted molar refractivity (Wildman–Crippen MR) is 62.2 cm³/mol. The first-order valence-electron chi connectivity index (χ1n) is 5.39. The van der Waals surface area contributed by atoms with Crippen molar-refractivity contribution in [3.05, 3.63) is 16.4 Å². The van der Waals surface area contributed by atoms with Gasteiger partial charge in [0.15, 0.2) is 0 Å². The zero-order chi connectivity index (χ0) is 11.6. The monoisotopic (exact) mass is 230 g/mol. The van der Waals surface area contributed by atoms with Crippen molar-refractivity contribution < 1.29 is 5.11 Å². The van der Waals surface area contributed by atoms with Gasteiger partial charge in [0.1, 0.15) is 5.15 Å². The minimum absolute atomic E-state index is 0.283. The number of aliphatic hydroxyl groups is 1. The first kappa shape index (κ1) is 12.5. The highest BCUT2D eigenvalue weighted by Gasteiger charge is 2.22. The molecule has 1 heterocycles. The largest absolute Gasteiger partial charge is 0.388 e. The van der Waals surface area contributed by atoms with Crippen LogP contribution in [0.3, 0.4) is 0 Å². The van der Waals surface area contributed by atoms with Crippen molar-refractivity contribution in [2.75, 3.05) is 0 Å². The molecule has 0 amide bonds. The van der Waals surface area contributed by atoms with Gasteiger partial charge in [0.2, 0.25) is 0 Å². The molecule has 0 fully saturated rings. The van der Waals surface area contributed by atoms with Gasteiger partial charge >= 0.3 is 0 Å². The highest BCUT2D eigenvalue weighted by Crippen LogP contribution is 2.32. The summed E-state index contributed by atoms with van der Waals surface area (Å²) in [6, 6.07) is 0. The van der Waals surface area contributed by atoms with Gasteiger partial charge in [0, 0.05) is 12.6 Å². The van der Waals surface area contributed by atoms with Crippen LogP contribution in [-0.2, 0) is 7.05 Å². The summed E-state index contributed by atoms with van der Waals surface area (Å²) in [6.45, 7) is 6.16. The van der Waals surface area contributed by atoms with Gasteiger partial charge in [-0.15, -0.1) is 0 Å². The van der Waals surface area contributed by atoms with E-state index in [1.54, 1.807) is 11.7 Å². The Kier molecular flexibility index (Phi) is 4.17. The number of aromatic nitrogens is 2.